The Morgan fingerprint density at radius 2 is 1.29 bits per heavy atom. The maximum absolute atomic E-state index is 4.75. The van der Waals surface area contributed by atoms with Gasteiger partial charge in [0, 0.05) is 7.05 Å². The van der Waals surface area contributed by atoms with Crippen molar-refractivity contribution < 1.29 is 0 Å². The first kappa shape index (κ1) is 14.5. The van der Waals surface area contributed by atoms with Crippen molar-refractivity contribution in [1.29, 1.82) is 0 Å². The number of imidazole rings is 1. The van der Waals surface area contributed by atoms with E-state index in [0.717, 1.165) is 17.0 Å². The van der Waals surface area contributed by atoms with Crippen molar-refractivity contribution in [3.05, 3.63) is 96.1 Å². The summed E-state index contributed by atoms with van der Waals surface area (Å²) in [6.07, 6.45) is 0. The van der Waals surface area contributed by atoms with E-state index in [9.17, 15) is 0 Å². The van der Waals surface area contributed by atoms with Gasteiger partial charge in [0.25, 0.3) is 0 Å². The first-order chi connectivity index (χ1) is 11.8. The van der Waals surface area contributed by atoms with Crippen molar-refractivity contribution >= 4 is 17.0 Å². The van der Waals surface area contributed by atoms with Crippen LogP contribution in [0.1, 0.15) is 17.2 Å². The van der Waals surface area contributed by atoms with Gasteiger partial charge in [-0.05, 0) is 23.3 Å². The number of rotatable bonds is 4. The molecule has 3 heteroatoms. The minimum Gasteiger partial charge on any atom is -0.345 e. The molecule has 0 aliphatic rings. The molecular formula is C21H19N3. The molecule has 1 heterocycles. The summed E-state index contributed by atoms with van der Waals surface area (Å²) in [7, 11) is 2.05. The second-order valence-corrected chi connectivity index (χ2v) is 5.88. The van der Waals surface area contributed by atoms with Crippen molar-refractivity contribution in [2.75, 3.05) is 5.32 Å². The molecule has 118 valence electrons. The van der Waals surface area contributed by atoms with Gasteiger partial charge in [-0.15, -0.1) is 0 Å². The zero-order valence-corrected chi connectivity index (χ0v) is 13.6. The van der Waals surface area contributed by atoms with E-state index in [4.69, 9.17) is 4.98 Å². The van der Waals surface area contributed by atoms with E-state index >= 15 is 0 Å². The second-order valence-electron chi connectivity index (χ2n) is 5.88. The maximum atomic E-state index is 4.75. The van der Waals surface area contributed by atoms with E-state index in [1.165, 1.54) is 11.1 Å². The van der Waals surface area contributed by atoms with Crippen LogP contribution in [0.4, 0.5) is 5.95 Å². The Bertz CT molecular complexity index is 903. The molecule has 1 N–H and O–H groups in total. The molecule has 3 aromatic carbocycles. The molecule has 0 aliphatic carbocycles. The standard InChI is InChI=1S/C21H19N3/c1-24-19-15-9-8-14-18(19)22-21(24)23-20(16-10-4-2-5-11-16)17-12-6-3-7-13-17/h2-15,20H,1H3,(H,22,23). The average Bonchev–Trinajstić information content (AvgIpc) is 2.97. The molecule has 0 bridgehead atoms. The van der Waals surface area contributed by atoms with Gasteiger partial charge in [0.05, 0.1) is 17.1 Å². The highest BCUT2D eigenvalue weighted by atomic mass is 15.2. The van der Waals surface area contributed by atoms with Crippen LogP contribution in [0.3, 0.4) is 0 Å². The summed E-state index contributed by atoms with van der Waals surface area (Å²) in [6, 6.07) is 29.2. The van der Waals surface area contributed by atoms with Gasteiger partial charge in [-0.25, -0.2) is 4.98 Å². The third-order valence-electron chi connectivity index (χ3n) is 4.33. The number of anilines is 1. The molecule has 24 heavy (non-hydrogen) atoms. The van der Waals surface area contributed by atoms with Crippen molar-refractivity contribution in [3.8, 4) is 0 Å². The first-order valence-corrected chi connectivity index (χ1v) is 8.11. The number of hydrogen-bond acceptors (Lipinski definition) is 2. The molecule has 4 aromatic rings. The summed E-state index contributed by atoms with van der Waals surface area (Å²) in [5.41, 5.74) is 4.56. The molecule has 0 spiro atoms. The number of aromatic nitrogens is 2. The Kier molecular flexibility index (Phi) is 3.75. The fourth-order valence-corrected chi connectivity index (χ4v) is 3.05. The monoisotopic (exact) mass is 313 g/mol. The third-order valence-corrected chi connectivity index (χ3v) is 4.33. The lowest BCUT2D eigenvalue weighted by molar-refractivity contribution is 0.866. The van der Waals surface area contributed by atoms with Gasteiger partial charge >= 0.3 is 0 Å². The van der Waals surface area contributed by atoms with E-state index in [1.807, 2.05) is 37.4 Å². The van der Waals surface area contributed by atoms with Gasteiger partial charge in [-0.3, -0.25) is 0 Å². The number of aryl methyl sites for hydroxylation is 1. The minimum absolute atomic E-state index is 0.0583. The lowest BCUT2D eigenvalue weighted by Gasteiger charge is -2.20. The molecule has 0 aliphatic heterocycles. The number of nitrogens with one attached hydrogen (secondary N) is 1. The van der Waals surface area contributed by atoms with E-state index in [0.29, 0.717) is 0 Å². The zero-order valence-electron chi connectivity index (χ0n) is 13.6. The van der Waals surface area contributed by atoms with Gasteiger partial charge in [-0.1, -0.05) is 72.8 Å². The zero-order chi connectivity index (χ0) is 16.4. The molecule has 3 nitrogen and oxygen atoms in total. The quantitative estimate of drug-likeness (QED) is 0.588. The summed E-state index contributed by atoms with van der Waals surface area (Å²) >= 11 is 0. The highest BCUT2D eigenvalue weighted by molar-refractivity contribution is 5.78. The Morgan fingerprint density at radius 1 is 0.750 bits per heavy atom. The average molecular weight is 313 g/mol. The Morgan fingerprint density at radius 3 is 1.88 bits per heavy atom. The predicted molar refractivity (Wildman–Crippen MR) is 99.1 cm³/mol. The summed E-state index contributed by atoms with van der Waals surface area (Å²) < 4.78 is 2.11. The van der Waals surface area contributed by atoms with Gasteiger partial charge in [0.1, 0.15) is 0 Å². The van der Waals surface area contributed by atoms with E-state index in [-0.39, 0.29) is 6.04 Å². The fraction of sp³-hybridized carbons (Fsp3) is 0.0952. The van der Waals surface area contributed by atoms with Crippen LogP contribution < -0.4 is 5.32 Å². The molecule has 0 saturated heterocycles. The van der Waals surface area contributed by atoms with Crippen molar-refractivity contribution in [1.82, 2.24) is 9.55 Å². The van der Waals surface area contributed by atoms with Crippen LogP contribution in [-0.4, -0.2) is 9.55 Å². The van der Waals surface area contributed by atoms with Crippen molar-refractivity contribution in [2.24, 2.45) is 7.05 Å². The van der Waals surface area contributed by atoms with E-state index in [2.05, 4.69) is 64.5 Å². The van der Waals surface area contributed by atoms with Crippen molar-refractivity contribution in [2.45, 2.75) is 6.04 Å². The molecule has 1 aromatic heterocycles. The smallest absolute Gasteiger partial charge is 0.204 e. The maximum Gasteiger partial charge on any atom is 0.204 e. The highest BCUT2D eigenvalue weighted by Crippen LogP contribution is 2.27. The lowest BCUT2D eigenvalue weighted by atomic mass is 9.99. The van der Waals surface area contributed by atoms with Gasteiger partial charge in [-0.2, -0.15) is 0 Å². The molecule has 0 fully saturated rings. The van der Waals surface area contributed by atoms with Crippen LogP contribution >= 0.6 is 0 Å². The van der Waals surface area contributed by atoms with E-state index in [1.54, 1.807) is 0 Å². The number of para-hydroxylation sites is 2. The number of hydrogen-bond donors (Lipinski definition) is 1. The number of nitrogens with zero attached hydrogens (tertiary/aromatic N) is 2. The number of fused-ring (bicyclic) bond motifs is 1. The minimum atomic E-state index is 0.0583. The van der Waals surface area contributed by atoms with Crippen LogP contribution in [-0.2, 0) is 7.05 Å². The summed E-state index contributed by atoms with van der Waals surface area (Å²) in [5, 5.41) is 3.62. The van der Waals surface area contributed by atoms with Crippen LogP contribution in [0.25, 0.3) is 11.0 Å². The molecule has 0 saturated carbocycles. The highest BCUT2D eigenvalue weighted by Gasteiger charge is 2.16. The van der Waals surface area contributed by atoms with Gasteiger partial charge < -0.3 is 9.88 Å². The van der Waals surface area contributed by atoms with E-state index < -0.39 is 0 Å². The van der Waals surface area contributed by atoms with Crippen LogP contribution in [0.15, 0.2) is 84.9 Å². The summed E-state index contributed by atoms with van der Waals surface area (Å²) in [6.45, 7) is 0. The second kappa shape index (κ2) is 6.20. The molecule has 0 unspecified atom stereocenters. The predicted octanol–water partition coefficient (Wildman–Crippen LogP) is 4.77. The molecule has 0 atom stereocenters. The summed E-state index contributed by atoms with van der Waals surface area (Å²) in [4.78, 5) is 4.75. The first-order valence-electron chi connectivity index (χ1n) is 8.11. The topological polar surface area (TPSA) is 29.9 Å². The molecule has 4 rings (SSSR count). The Hall–Kier alpha value is -3.07. The Balaban J connectivity index is 1.78. The molecular weight excluding hydrogens is 294 g/mol. The fourth-order valence-electron chi connectivity index (χ4n) is 3.05. The molecule has 0 radical (unpaired) electrons. The SMILES string of the molecule is Cn1c(NC(c2ccccc2)c2ccccc2)nc2ccccc21. The van der Waals surface area contributed by atoms with Crippen LogP contribution in [0, 0.1) is 0 Å². The van der Waals surface area contributed by atoms with Crippen molar-refractivity contribution in [3.63, 3.8) is 0 Å². The van der Waals surface area contributed by atoms with Gasteiger partial charge in [0.2, 0.25) is 5.95 Å². The lowest BCUT2D eigenvalue weighted by Crippen LogP contribution is -2.15. The normalized spacial score (nSPS) is 11.1. The van der Waals surface area contributed by atoms with Crippen LogP contribution in [0.5, 0.6) is 0 Å². The van der Waals surface area contributed by atoms with Crippen LogP contribution in [0.2, 0.25) is 0 Å². The summed E-state index contributed by atoms with van der Waals surface area (Å²) in [5.74, 6) is 0.869. The van der Waals surface area contributed by atoms with Gasteiger partial charge in [0.15, 0.2) is 0 Å². The molecule has 0 amide bonds. The number of benzene rings is 3. The Labute approximate surface area is 141 Å². The largest absolute Gasteiger partial charge is 0.345 e. The third kappa shape index (κ3) is 2.65.